The van der Waals surface area contributed by atoms with Gasteiger partial charge in [0.15, 0.2) is 0 Å². The molecule has 6 nitrogen and oxygen atoms in total. The highest BCUT2D eigenvalue weighted by molar-refractivity contribution is 7.16. The topological polar surface area (TPSA) is 62.5 Å². The van der Waals surface area contributed by atoms with E-state index in [1.807, 2.05) is 61.6 Å². The van der Waals surface area contributed by atoms with Gasteiger partial charge in [-0.1, -0.05) is 17.4 Å². The fourth-order valence-electron chi connectivity index (χ4n) is 2.38. The second-order valence-electron chi connectivity index (χ2n) is 5.59. The van der Waals surface area contributed by atoms with Crippen LogP contribution in [0, 0.1) is 13.8 Å². The molecule has 23 heavy (non-hydrogen) atoms. The van der Waals surface area contributed by atoms with Crippen molar-refractivity contribution in [1.82, 2.24) is 19.9 Å². The molecule has 3 rings (SSSR count). The molecular formula is C16H19N5OS. The molecular weight excluding hydrogens is 310 g/mol. The SMILES string of the molecule is Cc1nn2c(CNC(=O)c3cccc(N(C)C)c3)c(C)nc2s1. The maximum atomic E-state index is 12.4. The molecule has 0 radical (unpaired) electrons. The van der Waals surface area contributed by atoms with E-state index in [1.54, 1.807) is 11.3 Å². The summed E-state index contributed by atoms with van der Waals surface area (Å²) in [7, 11) is 3.90. The third-order valence-electron chi connectivity index (χ3n) is 3.64. The molecule has 0 unspecified atom stereocenters. The molecule has 7 heteroatoms. The first-order valence-corrected chi connectivity index (χ1v) is 8.14. The van der Waals surface area contributed by atoms with Gasteiger partial charge in [0.25, 0.3) is 5.91 Å². The number of nitrogens with zero attached hydrogens (tertiary/aromatic N) is 4. The van der Waals surface area contributed by atoms with Crippen LogP contribution in [0.4, 0.5) is 5.69 Å². The van der Waals surface area contributed by atoms with E-state index < -0.39 is 0 Å². The van der Waals surface area contributed by atoms with Crippen molar-refractivity contribution in [1.29, 1.82) is 0 Å². The van der Waals surface area contributed by atoms with Crippen LogP contribution in [-0.2, 0) is 6.54 Å². The number of hydrogen-bond acceptors (Lipinski definition) is 5. The Morgan fingerprint density at radius 2 is 2.13 bits per heavy atom. The summed E-state index contributed by atoms with van der Waals surface area (Å²) < 4.78 is 1.81. The average molecular weight is 329 g/mol. The number of fused-ring (bicyclic) bond motifs is 1. The second-order valence-corrected chi connectivity index (χ2v) is 6.75. The van der Waals surface area contributed by atoms with E-state index in [0.29, 0.717) is 12.1 Å². The standard InChI is InChI=1S/C16H19N5OS/c1-10-14(21-16(18-10)23-11(2)19-21)9-17-15(22)12-6-5-7-13(8-12)20(3)4/h5-8H,9H2,1-4H3,(H,17,22). The molecule has 0 spiro atoms. The number of hydrogen-bond donors (Lipinski definition) is 1. The molecule has 0 aliphatic carbocycles. The van der Waals surface area contributed by atoms with Gasteiger partial charge < -0.3 is 10.2 Å². The molecule has 0 bridgehead atoms. The van der Waals surface area contributed by atoms with E-state index in [1.165, 1.54) is 0 Å². The normalized spacial score (nSPS) is 11.0. The smallest absolute Gasteiger partial charge is 0.251 e. The summed E-state index contributed by atoms with van der Waals surface area (Å²) in [5.41, 5.74) is 3.45. The van der Waals surface area contributed by atoms with Gasteiger partial charge in [0.05, 0.1) is 17.9 Å². The third-order valence-corrected chi connectivity index (χ3v) is 4.46. The lowest BCUT2D eigenvalue weighted by molar-refractivity contribution is 0.0950. The Kier molecular flexibility index (Phi) is 4.04. The van der Waals surface area contributed by atoms with Gasteiger partial charge in [-0.15, -0.1) is 0 Å². The zero-order valence-electron chi connectivity index (χ0n) is 13.6. The Morgan fingerprint density at radius 3 is 2.87 bits per heavy atom. The van der Waals surface area contributed by atoms with E-state index in [9.17, 15) is 4.79 Å². The molecule has 0 atom stereocenters. The van der Waals surface area contributed by atoms with Gasteiger partial charge in [-0.25, -0.2) is 9.50 Å². The lowest BCUT2D eigenvalue weighted by Crippen LogP contribution is -2.24. The molecule has 2 heterocycles. The molecule has 3 aromatic rings. The fraction of sp³-hybridized carbons (Fsp3) is 0.312. The van der Waals surface area contributed by atoms with Gasteiger partial charge in [-0.3, -0.25) is 4.79 Å². The van der Waals surface area contributed by atoms with Crippen molar-refractivity contribution in [3.05, 3.63) is 46.2 Å². The molecule has 1 N–H and O–H groups in total. The Hall–Kier alpha value is -2.41. The number of aryl methyl sites for hydroxylation is 2. The molecule has 0 aliphatic heterocycles. The number of nitrogens with one attached hydrogen (secondary N) is 1. The fourth-order valence-corrected chi connectivity index (χ4v) is 3.19. The van der Waals surface area contributed by atoms with E-state index in [-0.39, 0.29) is 5.91 Å². The van der Waals surface area contributed by atoms with Crippen LogP contribution < -0.4 is 10.2 Å². The largest absolute Gasteiger partial charge is 0.378 e. The van der Waals surface area contributed by atoms with Gasteiger partial charge in [0.2, 0.25) is 4.96 Å². The van der Waals surface area contributed by atoms with Crippen LogP contribution in [0.1, 0.15) is 26.8 Å². The number of anilines is 1. The summed E-state index contributed by atoms with van der Waals surface area (Å²) in [5.74, 6) is -0.102. The second kappa shape index (κ2) is 6.00. The first kappa shape index (κ1) is 15.5. The molecule has 0 fully saturated rings. The molecule has 0 aliphatic rings. The number of carbonyl (C=O) groups is 1. The lowest BCUT2D eigenvalue weighted by Gasteiger charge is -2.13. The molecule has 1 aromatic carbocycles. The Labute approximate surface area is 138 Å². The summed E-state index contributed by atoms with van der Waals surface area (Å²) in [5, 5.41) is 8.35. The lowest BCUT2D eigenvalue weighted by atomic mass is 10.2. The van der Waals surface area contributed by atoms with Gasteiger partial charge in [-0.2, -0.15) is 5.10 Å². The van der Waals surface area contributed by atoms with Crippen molar-refractivity contribution in [3.8, 4) is 0 Å². The molecule has 2 aromatic heterocycles. The number of amides is 1. The summed E-state index contributed by atoms with van der Waals surface area (Å²) in [6, 6.07) is 7.55. The van der Waals surface area contributed by atoms with Crippen molar-refractivity contribution < 1.29 is 4.79 Å². The first-order valence-electron chi connectivity index (χ1n) is 7.33. The van der Waals surface area contributed by atoms with Gasteiger partial charge in [0, 0.05) is 25.3 Å². The Bertz CT molecular complexity index is 865. The predicted octanol–water partition coefficient (Wildman–Crippen LogP) is 2.40. The van der Waals surface area contributed by atoms with Crippen LogP contribution in [0.5, 0.6) is 0 Å². The van der Waals surface area contributed by atoms with Crippen LogP contribution >= 0.6 is 11.3 Å². The minimum absolute atomic E-state index is 0.102. The van der Waals surface area contributed by atoms with Gasteiger partial charge >= 0.3 is 0 Å². The van der Waals surface area contributed by atoms with Crippen molar-refractivity contribution in [3.63, 3.8) is 0 Å². The maximum Gasteiger partial charge on any atom is 0.251 e. The zero-order valence-corrected chi connectivity index (χ0v) is 14.4. The molecule has 1 amide bonds. The zero-order chi connectivity index (χ0) is 16.6. The summed E-state index contributed by atoms with van der Waals surface area (Å²) in [6.45, 7) is 4.29. The number of aromatic nitrogens is 3. The van der Waals surface area contributed by atoms with Crippen LogP contribution in [0.3, 0.4) is 0 Å². The number of benzene rings is 1. The highest BCUT2D eigenvalue weighted by Gasteiger charge is 2.14. The van der Waals surface area contributed by atoms with Crippen LogP contribution in [-0.4, -0.2) is 34.6 Å². The van der Waals surface area contributed by atoms with E-state index in [0.717, 1.165) is 27.0 Å². The number of rotatable bonds is 4. The number of carbonyl (C=O) groups excluding carboxylic acids is 1. The van der Waals surface area contributed by atoms with Crippen LogP contribution in [0.15, 0.2) is 24.3 Å². The summed E-state index contributed by atoms with van der Waals surface area (Å²) in [4.78, 5) is 19.7. The highest BCUT2D eigenvalue weighted by Crippen LogP contribution is 2.18. The van der Waals surface area contributed by atoms with Crippen LogP contribution in [0.2, 0.25) is 0 Å². The van der Waals surface area contributed by atoms with Gasteiger partial charge in [-0.05, 0) is 32.0 Å². The van der Waals surface area contributed by atoms with Crippen molar-refractivity contribution in [2.75, 3.05) is 19.0 Å². The van der Waals surface area contributed by atoms with Crippen molar-refractivity contribution in [2.24, 2.45) is 0 Å². The molecule has 0 saturated heterocycles. The highest BCUT2D eigenvalue weighted by atomic mass is 32.1. The maximum absolute atomic E-state index is 12.4. The van der Waals surface area contributed by atoms with Gasteiger partial charge in [0.1, 0.15) is 5.01 Å². The van der Waals surface area contributed by atoms with Crippen LogP contribution in [0.25, 0.3) is 4.96 Å². The van der Waals surface area contributed by atoms with E-state index in [4.69, 9.17) is 0 Å². The minimum Gasteiger partial charge on any atom is -0.378 e. The summed E-state index contributed by atoms with van der Waals surface area (Å²) in [6.07, 6.45) is 0. The van der Waals surface area contributed by atoms with E-state index in [2.05, 4.69) is 15.4 Å². The van der Waals surface area contributed by atoms with E-state index >= 15 is 0 Å². The Balaban J connectivity index is 1.78. The molecule has 0 saturated carbocycles. The Morgan fingerprint density at radius 1 is 1.35 bits per heavy atom. The van der Waals surface area contributed by atoms with Crippen molar-refractivity contribution in [2.45, 2.75) is 20.4 Å². The minimum atomic E-state index is -0.102. The van der Waals surface area contributed by atoms with Crippen molar-refractivity contribution >= 4 is 27.9 Å². The predicted molar refractivity (Wildman–Crippen MR) is 92.3 cm³/mol. The number of imidazole rings is 1. The summed E-state index contributed by atoms with van der Waals surface area (Å²) >= 11 is 1.55. The molecule has 120 valence electrons. The first-order chi connectivity index (χ1) is 11.0. The average Bonchev–Trinajstić information content (AvgIpc) is 3.00. The third kappa shape index (κ3) is 3.05. The quantitative estimate of drug-likeness (QED) is 0.798. The monoisotopic (exact) mass is 329 g/mol.